The Bertz CT molecular complexity index is 388. The second kappa shape index (κ2) is 5.49. The van der Waals surface area contributed by atoms with Gasteiger partial charge >= 0.3 is 0 Å². The highest BCUT2D eigenvalue weighted by Gasteiger charge is 2.16. The summed E-state index contributed by atoms with van der Waals surface area (Å²) in [5.41, 5.74) is 1.68. The summed E-state index contributed by atoms with van der Waals surface area (Å²) >= 11 is 0. The molecular formula is C12H17NO3. The van der Waals surface area contributed by atoms with E-state index in [4.69, 9.17) is 4.74 Å². The van der Waals surface area contributed by atoms with Gasteiger partial charge in [-0.3, -0.25) is 10.1 Å². The maximum absolute atomic E-state index is 10.8. The number of rotatable bonds is 5. The topological polar surface area (TPSA) is 52.4 Å². The summed E-state index contributed by atoms with van der Waals surface area (Å²) in [6, 6.07) is 3.25. The van der Waals surface area contributed by atoms with E-state index in [1.807, 2.05) is 6.92 Å². The molecule has 4 nitrogen and oxygen atoms in total. The normalized spacial score (nSPS) is 10.2. The highest BCUT2D eigenvalue weighted by atomic mass is 16.6. The van der Waals surface area contributed by atoms with E-state index in [2.05, 4.69) is 6.92 Å². The van der Waals surface area contributed by atoms with Gasteiger partial charge in [-0.1, -0.05) is 13.3 Å². The van der Waals surface area contributed by atoms with Gasteiger partial charge in [0.2, 0.25) is 0 Å². The highest BCUT2D eigenvalue weighted by Crippen LogP contribution is 2.30. The fourth-order valence-electron chi connectivity index (χ4n) is 1.56. The minimum Gasteiger partial charge on any atom is -0.493 e. The highest BCUT2D eigenvalue weighted by molar-refractivity contribution is 5.52. The first kappa shape index (κ1) is 12.5. The predicted octanol–water partition coefficient (Wildman–Crippen LogP) is 3.39. The van der Waals surface area contributed by atoms with Gasteiger partial charge in [-0.25, -0.2) is 0 Å². The molecule has 0 saturated heterocycles. The number of benzene rings is 1. The molecule has 0 atom stereocenters. The number of hydrogen-bond acceptors (Lipinski definition) is 3. The summed E-state index contributed by atoms with van der Waals surface area (Å²) in [6.45, 7) is 6.32. The van der Waals surface area contributed by atoms with Crippen molar-refractivity contribution in [1.82, 2.24) is 0 Å². The van der Waals surface area contributed by atoms with Crippen molar-refractivity contribution in [2.45, 2.75) is 33.6 Å². The Morgan fingerprint density at radius 3 is 2.62 bits per heavy atom. The molecule has 1 rings (SSSR count). The third-order valence-electron chi connectivity index (χ3n) is 2.52. The van der Waals surface area contributed by atoms with Crippen LogP contribution in [0, 0.1) is 24.0 Å². The van der Waals surface area contributed by atoms with Crippen LogP contribution < -0.4 is 4.74 Å². The molecule has 0 fully saturated rings. The summed E-state index contributed by atoms with van der Waals surface area (Å²) in [7, 11) is 0. The number of nitro benzene ring substituents is 1. The number of nitro groups is 1. The lowest BCUT2D eigenvalue weighted by Crippen LogP contribution is -2.02. The van der Waals surface area contributed by atoms with E-state index in [1.54, 1.807) is 13.0 Å². The summed E-state index contributed by atoms with van der Waals surface area (Å²) in [6.07, 6.45) is 2.01. The van der Waals surface area contributed by atoms with E-state index < -0.39 is 0 Å². The maximum Gasteiger partial charge on any atom is 0.276 e. The van der Waals surface area contributed by atoms with Crippen LogP contribution in [-0.4, -0.2) is 11.5 Å². The number of ether oxygens (including phenoxy) is 1. The zero-order chi connectivity index (χ0) is 12.1. The Morgan fingerprint density at radius 2 is 2.06 bits per heavy atom. The van der Waals surface area contributed by atoms with Gasteiger partial charge in [0.15, 0.2) is 0 Å². The second-order valence-electron chi connectivity index (χ2n) is 3.81. The smallest absolute Gasteiger partial charge is 0.276 e. The Labute approximate surface area is 95.4 Å². The Kier molecular flexibility index (Phi) is 4.28. The van der Waals surface area contributed by atoms with Crippen LogP contribution in [-0.2, 0) is 0 Å². The standard InChI is InChI=1S/C12H17NO3/c1-4-5-8-16-12-9(2)6-7-11(10(12)3)13(14)15/h6-7H,4-5,8H2,1-3H3. The summed E-state index contributed by atoms with van der Waals surface area (Å²) in [4.78, 5) is 10.4. The van der Waals surface area contributed by atoms with Crippen molar-refractivity contribution >= 4 is 5.69 Å². The van der Waals surface area contributed by atoms with Crippen LogP contribution in [0.25, 0.3) is 0 Å². The quantitative estimate of drug-likeness (QED) is 0.436. The van der Waals surface area contributed by atoms with Crippen LogP contribution >= 0.6 is 0 Å². The minimum absolute atomic E-state index is 0.122. The Hall–Kier alpha value is -1.58. The Morgan fingerprint density at radius 1 is 1.38 bits per heavy atom. The van der Waals surface area contributed by atoms with Crippen LogP contribution in [0.5, 0.6) is 5.75 Å². The van der Waals surface area contributed by atoms with Crippen molar-refractivity contribution in [3.63, 3.8) is 0 Å². The molecule has 88 valence electrons. The monoisotopic (exact) mass is 223 g/mol. The minimum atomic E-state index is -0.374. The fourth-order valence-corrected chi connectivity index (χ4v) is 1.56. The molecule has 0 aromatic heterocycles. The molecule has 0 spiro atoms. The summed E-state index contributed by atoms with van der Waals surface area (Å²) in [5, 5.41) is 10.8. The van der Waals surface area contributed by atoms with E-state index in [0.717, 1.165) is 18.4 Å². The van der Waals surface area contributed by atoms with Crippen LogP contribution in [0.15, 0.2) is 12.1 Å². The number of hydrogen-bond donors (Lipinski definition) is 0. The fraction of sp³-hybridized carbons (Fsp3) is 0.500. The molecule has 1 aromatic carbocycles. The molecule has 4 heteroatoms. The number of unbranched alkanes of at least 4 members (excludes halogenated alkanes) is 1. The van der Waals surface area contributed by atoms with E-state index in [1.165, 1.54) is 6.07 Å². The molecule has 0 aliphatic carbocycles. The molecular weight excluding hydrogens is 206 g/mol. The Balaban J connectivity index is 2.97. The zero-order valence-corrected chi connectivity index (χ0v) is 9.95. The second-order valence-corrected chi connectivity index (χ2v) is 3.81. The molecule has 0 N–H and O–H groups in total. The average molecular weight is 223 g/mol. The molecule has 0 saturated carbocycles. The first-order chi connectivity index (χ1) is 7.57. The van der Waals surface area contributed by atoms with Crippen LogP contribution in [0.4, 0.5) is 5.69 Å². The molecule has 0 amide bonds. The van der Waals surface area contributed by atoms with Crippen molar-refractivity contribution in [2.24, 2.45) is 0 Å². The number of nitrogens with zero attached hydrogens (tertiary/aromatic N) is 1. The maximum atomic E-state index is 10.8. The predicted molar refractivity (Wildman–Crippen MR) is 63.0 cm³/mol. The van der Waals surface area contributed by atoms with Crippen molar-refractivity contribution in [3.05, 3.63) is 33.4 Å². The molecule has 0 heterocycles. The lowest BCUT2D eigenvalue weighted by atomic mass is 10.1. The van der Waals surface area contributed by atoms with E-state index in [-0.39, 0.29) is 10.6 Å². The molecule has 0 bridgehead atoms. The third-order valence-corrected chi connectivity index (χ3v) is 2.52. The van der Waals surface area contributed by atoms with E-state index in [0.29, 0.717) is 17.9 Å². The summed E-state index contributed by atoms with van der Waals surface area (Å²) < 4.78 is 5.59. The van der Waals surface area contributed by atoms with Crippen molar-refractivity contribution in [2.75, 3.05) is 6.61 Å². The molecule has 16 heavy (non-hydrogen) atoms. The van der Waals surface area contributed by atoms with Crippen LogP contribution in [0.1, 0.15) is 30.9 Å². The van der Waals surface area contributed by atoms with Crippen molar-refractivity contribution in [3.8, 4) is 5.75 Å². The lowest BCUT2D eigenvalue weighted by Gasteiger charge is -2.11. The average Bonchev–Trinajstić information content (AvgIpc) is 2.22. The summed E-state index contributed by atoms with van der Waals surface area (Å²) in [5.74, 6) is 0.655. The van der Waals surface area contributed by atoms with Gasteiger partial charge in [0.1, 0.15) is 5.75 Å². The zero-order valence-electron chi connectivity index (χ0n) is 9.95. The van der Waals surface area contributed by atoms with Gasteiger partial charge in [-0.05, 0) is 31.9 Å². The van der Waals surface area contributed by atoms with E-state index in [9.17, 15) is 10.1 Å². The van der Waals surface area contributed by atoms with Gasteiger partial charge in [0.25, 0.3) is 5.69 Å². The van der Waals surface area contributed by atoms with Gasteiger partial charge in [-0.15, -0.1) is 0 Å². The van der Waals surface area contributed by atoms with Gasteiger partial charge in [0.05, 0.1) is 17.1 Å². The van der Waals surface area contributed by atoms with Crippen LogP contribution in [0.2, 0.25) is 0 Å². The van der Waals surface area contributed by atoms with Gasteiger partial charge in [0, 0.05) is 6.07 Å². The first-order valence-electron chi connectivity index (χ1n) is 5.45. The van der Waals surface area contributed by atoms with Crippen molar-refractivity contribution < 1.29 is 9.66 Å². The molecule has 0 unspecified atom stereocenters. The number of aryl methyl sites for hydroxylation is 1. The molecule has 1 aromatic rings. The van der Waals surface area contributed by atoms with Gasteiger partial charge in [-0.2, -0.15) is 0 Å². The SMILES string of the molecule is CCCCOc1c(C)ccc([N+](=O)[O-])c1C. The van der Waals surface area contributed by atoms with Gasteiger partial charge < -0.3 is 4.74 Å². The van der Waals surface area contributed by atoms with Crippen molar-refractivity contribution in [1.29, 1.82) is 0 Å². The third kappa shape index (κ3) is 2.72. The largest absolute Gasteiger partial charge is 0.493 e. The van der Waals surface area contributed by atoms with Crippen LogP contribution in [0.3, 0.4) is 0 Å². The van der Waals surface area contributed by atoms with E-state index >= 15 is 0 Å². The molecule has 0 aliphatic rings. The molecule has 0 aliphatic heterocycles. The lowest BCUT2D eigenvalue weighted by molar-refractivity contribution is -0.385. The first-order valence-corrected chi connectivity index (χ1v) is 5.45. The molecule has 0 radical (unpaired) electrons.